The molecule has 0 rings (SSSR count). The molecule has 13 heavy (non-hydrogen) atoms. The first-order valence-electron chi connectivity index (χ1n) is 5.16. The molecule has 1 nitrogen and oxygen atoms in total. The Labute approximate surface area is 82.2 Å². The second-order valence-electron chi connectivity index (χ2n) is 4.26. The molecule has 0 aromatic heterocycles. The van der Waals surface area contributed by atoms with Crippen molar-refractivity contribution in [2.24, 2.45) is 11.8 Å². The zero-order valence-corrected chi connectivity index (χ0v) is 9.18. The average Bonchev–Trinajstić information content (AvgIpc) is 2.02. The molecule has 0 aromatic carbocycles. The molecule has 1 atom stereocenters. The molecule has 0 aliphatic heterocycles. The van der Waals surface area contributed by atoms with Crippen molar-refractivity contribution in [3.05, 3.63) is 12.2 Å². The number of carbonyl (C=O) groups is 1. The maximum absolute atomic E-state index is 10.4. The van der Waals surface area contributed by atoms with E-state index < -0.39 is 0 Å². The molecule has 0 heterocycles. The van der Waals surface area contributed by atoms with Gasteiger partial charge in [-0.25, -0.2) is 0 Å². The number of allylic oxidation sites excluding steroid dienone is 1. The van der Waals surface area contributed by atoms with Crippen LogP contribution in [0.5, 0.6) is 0 Å². The Kier molecular flexibility index (Phi) is 6.56. The van der Waals surface area contributed by atoms with E-state index in [2.05, 4.69) is 27.4 Å². The number of hydrogen-bond acceptors (Lipinski definition) is 1. The largest absolute Gasteiger partial charge is 0.303 e. The second-order valence-corrected chi connectivity index (χ2v) is 4.26. The molecule has 0 spiro atoms. The summed E-state index contributed by atoms with van der Waals surface area (Å²) < 4.78 is 0. The summed E-state index contributed by atoms with van der Waals surface area (Å²) in [4.78, 5) is 10.4. The summed E-state index contributed by atoms with van der Waals surface area (Å²) in [6.07, 6.45) is 5.19. The van der Waals surface area contributed by atoms with Gasteiger partial charge < -0.3 is 4.79 Å². The van der Waals surface area contributed by atoms with Crippen LogP contribution in [0.4, 0.5) is 0 Å². The van der Waals surface area contributed by atoms with Gasteiger partial charge in [0.2, 0.25) is 0 Å². The summed E-state index contributed by atoms with van der Waals surface area (Å²) in [5.41, 5.74) is 1.24. The van der Waals surface area contributed by atoms with E-state index in [-0.39, 0.29) is 0 Å². The Hall–Kier alpha value is -0.590. The molecule has 1 heteroatoms. The molecule has 0 N–H and O–H groups in total. The van der Waals surface area contributed by atoms with Crippen LogP contribution in [0, 0.1) is 11.8 Å². The highest BCUT2D eigenvalue weighted by molar-refractivity contribution is 5.49. The topological polar surface area (TPSA) is 17.1 Å². The van der Waals surface area contributed by atoms with Crippen LogP contribution in [0.1, 0.15) is 46.5 Å². The van der Waals surface area contributed by atoms with E-state index in [0.29, 0.717) is 18.3 Å². The van der Waals surface area contributed by atoms with Gasteiger partial charge in [-0.3, -0.25) is 0 Å². The molecule has 0 fully saturated rings. The summed E-state index contributed by atoms with van der Waals surface area (Å²) in [6, 6.07) is 0. The molecule has 0 bridgehead atoms. The molecule has 76 valence electrons. The van der Waals surface area contributed by atoms with Crippen molar-refractivity contribution in [1.29, 1.82) is 0 Å². The third-order valence-electron chi connectivity index (χ3n) is 2.52. The molecular weight excluding hydrogens is 160 g/mol. The van der Waals surface area contributed by atoms with Crippen molar-refractivity contribution < 1.29 is 4.79 Å². The van der Waals surface area contributed by atoms with E-state index in [1.54, 1.807) is 0 Å². The first kappa shape index (κ1) is 12.4. The Morgan fingerprint density at radius 2 is 2.08 bits per heavy atom. The lowest BCUT2D eigenvalue weighted by Gasteiger charge is -2.17. The lowest BCUT2D eigenvalue weighted by Crippen LogP contribution is -2.09. The molecule has 0 saturated carbocycles. The smallest absolute Gasteiger partial charge is 0.120 e. The maximum atomic E-state index is 10.4. The Morgan fingerprint density at radius 3 is 2.46 bits per heavy atom. The van der Waals surface area contributed by atoms with Crippen LogP contribution < -0.4 is 0 Å². The molecule has 0 saturated heterocycles. The van der Waals surface area contributed by atoms with Crippen LogP contribution in [0.15, 0.2) is 12.2 Å². The van der Waals surface area contributed by atoms with Gasteiger partial charge in [0.15, 0.2) is 0 Å². The summed E-state index contributed by atoms with van der Waals surface area (Å²) in [7, 11) is 0. The minimum absolute atomic E-state index is 0.567. The lowest BCUT2D eigenvalue weighted by molar-refractivity contribution is -0.109. The van der Waals surface area contributed by atoms with Crippen LogP contribution in [0.25, 0.3) is 0 Å². The molecule has 0 amide bonds. The highest BCUT2D eigenvalue weighted by Gasteiger charge is 2.11. The van der Waals surface area contributed by atoms with Gasteiger partial charge in [0.05, 0.1) is 0 Å². The number of hydrogen-bond donors (Lipinski definition) is 0. The monoisotopic (exact) mass is 182 g/mol. The third-order valence-corrected chi connectivity index (χ3v) is 2.52. The van der Waals surface area contributed by atoms with Crippen LogP contribution in [0.3, 0.4) is 0 Å². The molecule has 0 aromatic rings. The van der Waals surface area contributed by atoms with E-state index in [4.69, 9.17) is 0 Å². The van der Waals surface area contributed by atoms with E-state index >= 15 is 0 Å². The van der Waals surface area contributed by atoms with Crippen LogP contribution >= 0.6 is 0 Å². The Bertz CT molecular complexity index is 159. The highest BCUT2D eigenvalue weighted by atomic mass is 16.1. The van der Waals surface area contributed by atoms with E-state index in [1.165, 1.54) is 12.0 Å². The van der Waals surface area contributed by atoms with Crippen molar-refractivity contribution in [1.82, 2.24) is 0 Å². The first-order chi connectivity index (χ1) is 6.07. The van der Waals surface area contributed by atoms with Gasteiger partial charge in [0, 0.05) is 6.42 Å². The quantitative estimate of drug-likeness (QED) is 0.434. The van der Waals surface area contributed by atoms with Crippen molar-refractivity contribution in [3.63, 3.8) is 0 Å². The fourth-order valence-corrected chi connectivity index (χ4v) is 1.51. The van der Waals surface area contributed by atoms with Crippen LogP contribution in [-0.4, -0.2) is 6.29 Å². The minimum atomic E-state index is 0.567. The molecular formula is C12H22O. The number of rotatable bonds is 7. The van der Waals surface area contributed by atoms with Gasteiger partial charge in [-0.05, 0) is 38.0 Å². The minimum Gasteiger partial charge on any atom is -0.303 e. The predicted molar refractivity (Wildman–Crippen MR) is 57.7 cm³/mol. The van der Waals surface area contributed by atoms with Crippen molar-refractivity contribution in [3.8, 4) is 0 Å². The molecule has 0 aliphatic rings. The van der Waals surface area contributed by atoms with Gasteiger partial charge in [0.1, 0.15) is 6.29 Å². The van der Waals surface area contributed by atoms with E-state index in [9.17, 15) is 4.79 Å². The zero-order valence-electron chi connectivity index (χ0n) is 9.18. The summed E-state index contributed by atoms with van der Waals surface area (Å²) >= 11 is 0. The van der Waals surface area contributed by atoms with Crippen LogP contribution in [0.2, 0.25) is 0 Å². The Balaban J connectivity index is 3.68. The zero-order chi connectivity index (χ0) is 10.3. The number of aldehydes is 1. The SMILES string of the molecule is C=C(C)CCCC(CC=O)C(C)C. The predicted octanol–water partition coefficient (Wildman–Crippen LogP) is 3.59. The average molecular weight is 182 g/mol. The summed E-state index contributed by atoms with van der Waals surface area (Å²) in [5.74, 6) is 1.19. The van der Waals surface area contributed by atoms with Crippen molar-refractivity contribution in [2.75, 3.05) is 0 Å². The van der Waals surface area contributed by atoms with E-state index in [0.717, 1.165) is 19.1 Å². The number of carbonyl (C=O) groups excluding carboxylic acids is 1. The Morgan fingerprint density at radius 1 is 1.46 bits per heavy atom. The van der Waals surface area contributed by atoms with Crippen molar-refractivity contribution in [2.45, 2.75) is 46.5 Å². The van der Waals surface area contributed by atoms with Gasteiger partial charge in [-0.15, -0.1) is 6.58 Å². The van der Waals surface area contributed by atoms with Crippen molar-refractivity contribution >= 4 is 6.29 Å². The summed E-state index contributed by atoms with van der Waals surface area (Å²) in [5, 5.41) is 0. The fraction of sp³-hybridized carbons (Fsp3) is 0.750. The molecule has 0 aliphatic carbocycles. The van der Waals surface area contributed by atoms with Crippen LogP contribution in [-0.2, 0) is 4.79 Å². The van der Waals surface area contributed by atoms with Gasteiger partial charge >= 0.3 is 0 Å². The lowest BCUT2D eigenvalue weighted by atomic mass is 9.88. The third kappa shape index (κ3) is 6.56. The van der Waals surface area contributed by atoms with Gasteiger partial charge in [0.25, 0.3) is 0 Å². The van der Waals surface area contributed by atoms with Gasteiger partial charge in [-0.1, -0.05) is 19.4 Å². The fourth-order valence-electron chi connectivity index (χ4n) is 1.51. The molecule has 1 unspecified atom stereocenters. The first-order valence-corrected chi connectivity index (χ1v) is 5.16. The maximum Gasteiger partial charge on any atom is 0.120 e. The highest BCUT2D eigenvalue weighted by Crippen LogP contribution is 2.21. The normalized spacial score (nSPS) is 12.9. The second kappa shape index (κ2) is 6.88. The van der Waals surface area contributed by atoms with Gasteiger partial charge in [-0.2, -0.15) is 0 Å². The van der Waals surface area contributed by atoms with E-state index in [1.807, 2.05) is 0 Å². The molecule has 0 radical (unpaired) electrons. The summed E-state index contributed by atoms with van der Waals surface area (Å²) in [6.45, 7) is 10.3. The standard InChI is InChI=1S/C12H22O/c1-10(2)6-5-7-12(8-9-13)11(3)4/h9,11-12H,1,5-8H2,2-4H3.